The molecule has 1 aromatic carbocycles. The van der Waals surface area contributed by atoms with Crippen LogP contribution in [0.5, 0.6) is 5.75 Å². The third kappa shape index (κ3) is 2.29. The molecular weight excluding hydrogens is 188 g/mol. The Kier molecular flexibility index (Phi) is 3.45. The number of hydrogen-bond donors (Lipinski definition) is 1. The minimum atomic E-state index is -1.01. The summed E-state index contributed by atoms with van der Waals surface area (Å²) in [4.78, 5) is 0.703. The summed E-state index contributed by atoms with van der Waals surface area (Å²) in [6, 6.07) is 5.13. The fraction of sp³-hybridized carbons (Fsp3) is 0.333. The van der Waals surface area contributed by atoms with Crippen LogP contribution in [0.4, 0.5) is 0 Å². The van der Waals surface area contributed by atoms with Crippen LogP contribution >= 0.6 is 0 Å². The second kappa shape index (κ2) is 4.39. The number of rotatable bonds is 3. The van der Waals surface area contributed by atoms with Gasteiger partial charge in [0.05, 0.1) is 13.7 Å². The molecule has 3 nitrogen and oxygen atoms in total. The Hall–Kier alpha value is -0.870. The number of benzene rings is 1. The minimum absolute atomic E-state index is 0.0696. The lowest BCUT2D eigenvalue weighted by molar-refractivity contribution is 0.273. The van der Waals surface area contributed by atoms with Gasteiger partial charge in [-0.3, -0.25) is 4.21 Å². The molecule has 1 aromatic rings. The molecule has 72 valence electrons. The quantitative estimate of drug-likeness (QED) is 0.789. The SMILES string of the molecule is COc1cc(S(C)=O)ccc1CO. The Morgan fingerprint density at radius 3 is 2.69 bits per heavy atom. The Bertz CT molecular complexity index is 323. The summed E-state index contributed by atoms with van der Waals surface area (Å²) in [5, 5.41) is 8.92. The molecule has 1 unspecified atom stereocenters. The molecule has 4 heteroatoms. The third-order valence-corrected chi connectivity index (χ3v) is 2.68. The molecule has 0 spiro atoms. The molecular formula is C9H12O3S. The lowest BCUT2D eigenvalue weighted by atomic mass is 10.2. The first kappa shape index (κ1) is 10.2. The lowest BCUT2D eigenvalue weighted by Crippen LogP contribution is -1.94. The molecule has 0 saturated heterocycles. The highest BCUT2D eigenvalue weighted by molar-refractivity contribution is 7.84. The summed E-state index contributed by atoms with van der Waals surface area (Å²) in [6.45, 7) is -0.0696. The highest BCUT2D eigenvalue weighted by Gasteiger charge is 2.04. The van der Waals surface area contributed by atoms with Gasteiger partial charge in [0, 0.05) is 27.5 Å². The van der Waals surface area contributed by atoms with Crippen LogP contribution in [-0.4, -0.2) is 22.7 Å². The van der Waals surface area contributed by atoms with Crippen LogP contribution < -0.4 is 4.74 Å². The van der Waals surface area contributed by atoms with Gasteiger partial charge in [-0.1, -0.05) is 6.07 Å². The largest absolute Gasteiger partial charge is 0.496 e. The van der Waals surface area contributed by atoms with Crippen molar-refractivity contribution in [3.05, 3.63) is 23.8 Å². The van der Waals surface area contributed by atoms with E-state index in [1.54, 1.807) is 24.5 Å². The second-order valence-corrected chi connectivity index (χ2v) is 3.97. The molecule has 0 fully saturated rings. The van der Waals surface area contributed by atoms with E-state index in [4.69, 9.17) is 9.84 Å². The number of methoxy groups -OCH3 is 1. The summed E-state index contributed by atoms with van der Waals surface area (Å²) in [7, 11) is 0.512. The maximum Gasteiger partial charge on any atom is 0.125 e. The molecule has 0 aliphatic rings. The van der Waals surface area contributed by atoms with Crippen LogP contribution in [-0.2, 0) is 17.4 Å². The number of aliphatic hydroxyl groups is 1. The molecule has 1 rings (SSSR count). The first-order chi connectivity index (χ1) is 6.19. The van der Waals surface area contributed by atoms with E-state index in [9.17, 15) is 4.21 Å². The highest BCUT2D eigenvalue weighted by Crippen LogP contribution is 2.21. The molecule has 0 aliphatic carbocycles. The van der Waals surface area contributed by atoms with Gasteiger partial charge in [-0.05, 0) is 12.1 Å². The van der Waals surface area contributed by atoms with E-state index in [1.807, 2.05) is 0 Å². The van der Waals surface area contributed by atoms with Gasteiger partial charge in [0.15, 0.2) is 0 Å². The van der Waals surface area contributed by atoms with Gasteiger partial charge in [0.1, 0.15) is 5.75 Å². The van der Waals surface area contributed by atoms with Crippen LogP contribution in [0.15, 0.2) is 23.1 Å². The van der Waals surface area contributed by atoms with Crippen LogP contribution in [0.3, 0.4) is 0 Å². The number of hydrogen-bond acceptors (Lipinski definition) is 3. The van der Waals surface area contributed by atoms with Crippen molar-refractivity contribution in [2.45, 2.75) is 11.5 Å². The minimum Gasteiger partial charge on any atom is -0.496 e. The van der Waals surface area contributed by atoms with Gasteiger partial charge in [-0.15, -0.1) is 0 Å². The maximum absolute atomic E-state index is 11.1. The number of ether oxygens (including phenoxy) is 1. The van der Waals surface area contributed by atoms with Gasteiger partial charge in [-0.2, -0.15) is 0 Å². The number of aliphatic hydroxyl groups excluding tert-OH is 1. The first-order valence-corrected chi connectivity index (χ1v) is 5.36. The summed E-state index contributed by atoms with van der Waals surface area (Å²) in [6.07, 6.45) is 1.60. The molecule has 0 aliphatic heterocycles. The van der Waals surface area contributed by atoms with Crippen LogP contribution in [0.1, 0.15) is 5.56 Å². The Labute approximate surface area is 79.8 Å². The molecule has 0 radical (unpaired) electrons. The fourth-order valence-corrected chi connectivity index (χ4v) is 1.57. The zero-order chi connectivity index (χ0) is 9.84. The summed E-state index contributed by atoms with van der Waals surface area (Å²) in [5.74, 6) is 0.579. The fourth-order valence-electron chi connectivity index (χ4n) is 1.03. The van der Waals surface area contributed by atoms with E-state index >= 15 is 0 Å². The summed E-state index contributed by atoms with van der Waals surface area (Å²) < 4.78 is 16.1. The monoisotopic (exact) mass is 200 g/mol. The van der Waals surface area contributed by atoms with Crippen LogP contribution in [0, 0.1) is 0 Å². The zero-order valence-corrected chi connectivity index (χ0v) is 8.43. The average molecular weight is 200 g/mol. The molecule has 0 saturated carbocycles. The Morgan fingerprint density at radius 1 is 1.54 bits per heavy atom. The topological polar surface area (TPSA) is 46.5 Å². The maximum atomic E-state index is 11.1. The van der Waals surface area contributed by atoms with Crippen molar-refractivity contribution >= 4 is 10.8 Å². The van der Waals surface area contributed by atoms with E-state index in [1.165, 1.54) is 7.11 Å². The molecule has 13 heavy (non-hydrogen) atoms. The predicted octanol–water partition coefficient (Wildman–Crippen LogP) is 0.925. The van der Waals surface area contributed by atoms with Crippen molar-refractivity contribution in [3.8, 4) is 5.75 Å². The van der Waals surface area contributed by atoms with Gasteiger partial charge in [0.2, 0.25) is 0 Å². The molecule has 1 N–H and O–H groups in total. The molecule has 0 aromatic heterocycles. The standard InChI is InChI=1S/C9H12O3S/c1-12-9-5-8(13(2)11)4-3-7(9)6-10/h3-5,10H,6H2,1-2H3. The average Bonchev–Trinajstić information content (AvgIpc) is 2.16. The van der Waals surface area contributed by atoms with Crippen molar-refractivity contribution in [2.75, 3.05) is 13.4 Å². The smallest absolute Gasteiger partial charge is 0.125 e. The van der Waals surface area contributed by atoms with Gasteiger partial charge < -0.3 is 9.84 Å². The van der Waals surface area contributed by atoms with Gasteiger partial charge in [-0.25, -0.2) is 0 Å². The third-order valence-electron chi connectivity index (χ3n) is 1.76. The summed E-state index contributed by atoms with van der Waals surface area (Å²) in [5.41, 5.74) is 0.705. The Balaban J connectivity index is 3.13. The van der Waals surface area contributed by atoms with E-state index < -0.39 is 10.8 Å². The van der Waals surface area contributed by atoms with Gasteiger partial charge >= 0.3 is 0 Å². The Morgan fingerprint density at radius 2 is 2.23 bits per heavy atom. The highest BCUT2D eigenvalue weighted by atomic mass is 32.2. The van der Waals surface area contributed by atoms with E-state index in [2.05, 4.69) is 0 Å². The predicted molar refractivity (Wildman–Crippen MR) is 51.2 cm³/mol. The molecule has 0 bridgehead atoms. The molecule has 0 amide bonds. The van der Waals surface area contributed by atoms with Crippen molar-refractivity contribution < 1.29 is 14.1 Å². The van der Waals surface area contributed by atoms with E-state index in [0.717, 1.165) is 0 Å². The van der Waals surface area contributed by atoms with Crippen LogP contribution in [0.25, 0.3) is 0 Å². The van der Waals surface area contributed by atoms with Crippen LogP contribution in [0.2, 0.25) is 0 Å². The van der Waals surface area contributed by atoms with Crippen molar-refractivity contribution in [3.63, 3.8) is 0 Å². The van der Waals surface area contributed by atoms with E-state index in [-0.39, 0.29) is 6.61 Å². The molecule has 1 atom stereocenters. The second-order valence-electron chi connectivity index (χ2n) is 2.59. The summed E-state index contributed by atoms with van der Waals surface area (Å²) >= 11 is 0. The zero-order valence-electron chi connectivity index (χ0n) is 7.61. The lowest BCUT2D eigenvalue weighted by Gasteiger charge is -2.06. The molecule has 0 heterocycles. The van der Waals surface area contributed by atoms with E-state index in [0.29, 0.717) is 16.2 Å². The normalized spacial score (nSPS) is 12.5. The van der Waals surface area contributed by atoms with Crippen molar-refractivity contribution in [1.29, 1.82) is 0 Å². The van der Waals surface area contributed by atoms with Crippen molar-refractivity contribution in [1.82, 2.24) is 0 Å². The van der Waals surface area contributed by atoms with Gasteiger partial charge in [0.25, 0.3) is 0 Å². The van der Waals surface area contributed by atoms with Crippen molar-refractivity contribution in [2.24, 2.45) is 0 Å². The first-order valence-electron chi connectivity index (χ1n) is 3.80.